The van der Waals surface area contributed by atoms with E-state index in [0.29, 0.717) is 36.1 Å². The van der Waals surface area contributed by atoms with E-state index in [1.54, 1.807) is 18.2 Å². The number of aliphatic hydroxyl groups is 1. The second-order valence-corrected chi connectivity index (χ2v) is 7.98. The fourth-order valence-corrected chi connectivity index (χ4v) is 4.30. The van der Waals surface area contributed by atoms with Crippen LogP contribution in [0, 0.1) is 0 Å². The Hall–Kier alpha value is -2.83. The molecule has 1 N–H and O–H groups in total. The van der Waals surface area contributed by atoms with Crippen molar-refractivity contribution in [2.75, 3.05) is 19.8 Å². The highest BCUT2D eigenvalue weighted by Gasteiger charge is 2.47. The third-order valence-corrected chi connectivity index (χ3v) is 5.90. The summed E-state index contributed by atoms with van der Waals surface area (Å²) in [6.07, 6.45) is 1.64. The van der Waals surface area contributed by atoms with Gasteiger partial charge in [-0.25, -0.2) is 0 Å². The van der Waals surface area contributed by atoms with Crippen molar-refractivity contribution in [3.05, 3.63) is 70.3 Å². The van der Waals surface area contributed by atoms with Crippen molar-refractivity contribution in [1.82, 2.24) is 4.90 Å². The molecule has 2 saturated heterocycles. The summed E-state index contributed by atoms with van der Waals surface area (Å²) in [5, 5.41) is 11.6. The molecule has 0 spiro atoms. The summed E-state index contributed by atoms with van der Waals surface area (Å²) >= 11 is 6.17. The maximum atomic E-state index is 13.1. The third kappa shape index (κ3) is 4.18. The van der Waals surface area contributed by atoms with E-state index in [0.717, 1.165) is 18.4 Å². The Balaban J connectivity index is 1.81. The lowest BCUT2D eigenvalue weighted by molar-refractivity contribution is -0.140. The molecule has 7 heteroatoms. The van der Waals surface area contributed by atoms with Gasteiger partial charge in [0.2, 0.25) is 0 Å². The quantitative estimate of drug-likeness (QED) is 0.410. The molecule has 4 rings (SSSR count). The monoisotopic (exact) mass is 441 g/mol. The van der Waals surface area contributed by atoms with Gasteiger partial charge in [-0.3, -0.25) is 9.59 Å². The van der Waals surface area contributed by atoms with Crippen molar-refractivity contribution in [3.63, 3.8) is 0 Å². The Morgan fingerprint density at radius 2 is 2.00 bits per heavy atom. The molecule has 2 fully saturated rings. The minimum Gasteiger partial charge on any atom is -0.507 e. The van der Waals surface area contributed by atoms with Gasteiger partial charge in [0, 0.05) is 18.7 Å². The SMILES string of the molecule is CCOc1cc(/C(O)=C2/C(=O)C(=O)N(CC3CCCO3)C2c2ccccc2)ccc1Cl. The molecule has 0 aromatic heterocycles. The summed E-state index contributed by atoms with van der Waals surface area (Å²) in [5.41, 5.74) is 1.17. The number of Topliss-reactive ketones (excluding diaryl/α,β-unsaturated/α-hetero) is 1. The van der Waals surface area contributed by atoms with Gasteiger partial charge in [-0.1, -0.05) is 41.9 Å². The van der Waals surface area contributed by atoms with Crippen molar-refractivity contribution in [2.45, 2.75) is 31.9 Å². The van der Waals surface area contributed by atoms with E-state index in [9.17, 15) is 14.7 Å². The second-order valence-electron chi connectivity index (χ2n) is 7.58. The lowest BCUT2D eigenvalue weighted by atomic mass is 9.95. The zero-order chi connectivity index (χ0) is 22.0. The predicted octanol–water partition coefficient (Wildman–Crippen LogP) is 4.34. The van der Waals surface area contributed by atoms with Crippen LogP contribution < -0.4 is 4.74 Å². The Kier molecular flexibility index (Phi) is 6.30. The summed E-state index contributed by atoms with van der Waals surface area (Å²) in [7, 11) is 0. The largest absolute Gasteiger partial charge is 0.507 e. The third-order valence-electron chi connectivity index (χ3n) is 5.58. The van der Waals surface area contributed by atoms with Crippen LogP contribution in [0.25, 0.3) is 5.76 Å². The molecule has 2 unspecified atom stereocenters. The van der Waals surface area contributed by atoms with Crippen molar-refractivity contribution >= 4 is 29.1 Å². The molecule has 2 aromatic rings. The summed E-state index contributed by atoms with van der Waals surface area (Å²) in [4.78, 5) is 27.5. The summed E-state index contributed by atoms with van der Waals surface area (Å²) in [6.45, 7) is 3.18. The van der Waals surface area contributed by atoms with Crippen LogP contribution in [0.5, 0.6) is 5.75 Å². The molecule has 162 valence electrons. The van der Waals surface area contributed by atoms with Crippen LogP contribution >= 0.6 is 11.6 Å². The van der Waals surface area contributed by atoms with Gasteiger partial charge in [0.25, 0.3) is 11.7 Å². The number of halogens is 1. The number of ether oxygens (including phenoxy) is 2. The molecule has 6 nitrogen and oxygen atoms in total. The Morgan fingerprint density at radius 1 is 1.23 bits per heavy atom. The summed E-state index contributed by atoms with van der Waals surface area (Å²) < 4.78 is 11.2. The zero-order valence-corrected chi connectivity index (χ0v) is 18.0. The molecule has 2 atom stereocenters. The molecule has 0 radical (unpaired) electrons. The van der Waals surface area contributed by atoms with Crippen LogP contribution in [0.4, 0.5) is 0 Å². The number of likely N-dealkylation sites (tertiary alicyclic amines) is 1. The number of ketones is 1. The van der Waals surface area contributed by atoms with Gasteiger partial charge in [-0.15, -0.1) is 0 Å². The highest BCUT2D eigenvalue weighted by atomic mass is 35.5. The molecule has 0 saturated carbocycles. The summed E-state index contributed by atoms with van der Waals surface area (Å²) in [5.74, 6) is -1.19. The first-order valence-electron chi connectivity index (χ1n) is 10.4. The fourth-order valence-electron chi connectivity index (χ4n) is 4.13. The van der Waals surface area contributed by atoms with Gasteiger partial charge in [0.15, 0.2) is 0 Å². The van der Waals surface area contributed by atoms with E-state index >= 15 is 0 Å². The van der Waals surface area contributed by atoms with Gasteiger partial charge in [0.05, 0.1) is 29.3 Å². The number of hydrogen-bond acceptors (Lipinski definition) is 5. The fraction of sp³-hybridized carbons (Fsp3) is 0.333. The van der Waals surface area contributed by atoms with Crippen LogP contribution in [0.15, 0.2) is 54.1 Å². The first-order chi connectivity index (χ1) is 15.0. The smallest absolute Gasteiger partial charge is 0.295 e. The van der Waals surface area contributed by atoms with Crippen molar-refractivity contribution in [1.29, 1.82) is 0 Å². The Morgan fingerprint density at radius 3 is 2.68 bits per heavy atom. The van der Waals surface area contributed by atoms with Crippen LogP contribution in [0.3, 0.4) is 0 Å². The standard InChI is InChI=1S/C24H24ClNO5/c1-2-30-19-13-16(10-11-18(19)25)22(27)20-21(15-7-4-3-5-8-15)26(24(29)23(20)28)14-17-9-6-12-31-17/h3-5,7-8,10-11,13,17,21,27H,2,6,9,12,14H2,1H3/b22-20-. The molecular weight excluding hydrogens is 418 g/mol. The lowest BCUT2D eigenvalue weighted by Crippen LogP contribution is -2.36. The molecule has 0 aliphatic carbocycles. The van der Waals surface area contributed by atoms with E-state index in [4.69, 9.17) is 21.1 Å². The number of carbonyl (C=O) groups excluding carboxylic acids is 2. The lowest BCUT2D eigenvalue weighted by Gasteiger charge is -2.27. The zero-order valence-electron chi connectivity index (χ0n) is 17.2. The average molecular weight is 442 g/mol. The van der Waals surface area contributed by atoms with Crippen LogP contribution in [0.1, 0.15) is 36.9 Å². The first-order valence-corrected chi connectivity index (χ1v) is 10.8. The number of amides is 1. The van der Waals surface area contributed by atoms with Gasteiger partial charge < -0.3 is 19.5 Å². The molecule has 31 heavy (non-hydrogen) atoms. The first kappa shape index (κ1) is 21.4. The second kappa shape index (κ2) is 9.12. The van der Waals surface area contributed by atoms with Gasteiger partial charge in [-0.2, -0.15) is 0 Å². The number of aliphatic hydroxyl groups excluding tert-OH is 1. The van der Waals surface area contributed by atoms with Gasteiger partial charge in [-0.05, 0) is 43.5 Å². The highest BCUT2D eigenvalue weighted by Crippen LogP contribution is 2.40. The average Bonchev–Trinajstić information content (AvgIpc) is 3.38. The number of carbonyl (C=O) groups is 2. The van der Waals surface area contributed by atoms with E-state index < -0.39 is 17.7 Å². The van der Waals surface area contributed by atoms with Crippen LogP contribution in [-0.4, -0.2) is 47.6 Å². The number of hydrogen-bond donors (Lipinski definition) is 1. The normalized spacial score (nSPS) is 22.8. The van der Waals surface area contributed by atoms with Crippen molar-refractivity contribution in [3.8, 4) is 5.75 Å². The number of rotatable bonds is 6. The molecule has 0 bridgehead atoms. The number of nitrogens with zero attached hydrogens (tertiary/aromatic N) is 1. The number of benzene rings is 2. The molecule has 1 amide bonds. The van der Waals surface area contributed by atoms with Crippen LogP contribution in [-0.2, 0) is 14.3 Å². The predicted molar refractivity (Wildman–Crippen MR) is 117 cm³/mol. The van der Waals surface area contributed by atoms with Crippen LogP contribution in [0.2, 0.25) is 5.02 Å². The molecule has 2 aliphatic heterocycles. The minimum atomic E-state index is -0.711. The Labute approximate surface area is 186 Å². The van der Waals surface area contributed by atoms with Gasteiger partial charge in [0.1, 0.15) is 11.5 Å². The Bertz CT molecular complexity index is 1010. The van der Waals surface area contributed by atoms with Gasteiger partial charge >= 0.3 is 0 Å². The van der Waals surface area contributed by atoms with E-state index in [2.05, 4.69) is 0 Å². The maximum absolute atomic E-state index is 13.1. The molecule has 2 aliphatic rings. The topological polar surface area (TPSA) is 76.1 Å². The van der Waals surface area contributed by atoms with E-state index in [1.165, 1.54) is 4.90 Å². The van der Waals surface area contributed by atoms with E-state index in [-0.39, 0.29) is 17.4 Å². The molecular formula is C24H24ClNO5. The van der Waals surface area contributed by atoms with Crippen molar-refractivity contribution in [2.24, 2.45) is 0 Å². The van der Waals surface area contributed by atoms with E-state index in [1.807, 2.05) is 37.3 Å². The maximum Gasteiger partial charge on any atom is 0.295 e. The highest BCUT2D eigenvalue weighted by molar-refractivity contribution is 6.46. The van der Waals surface area contributed by atoms with Crippen molar-refractivity contribution < 1.29 is 24.2 Å². The minimum absolute atomic E-state index is 0.0546. The molecule has 2 heterocycles. The summed E-state index contributed by atoms with van der Waals surface area (Å²) in [6, 6.07) is 13.3. The molecule has 2 aromatic carbocycles.